The van der Waals surface area contributed by atoms with E-state index in [1.807, 2.05) is 0 Å². The van der Waals surface area contributed by atoms with Crippen molar-refractivity contribution in [3.63, 3.8) is 0 Å². The third-order valence-corrected chi connectivity index (χ3v) is 4.64. The van der Waals surface area contributed by atoms with Crippen LogP contribution < -0.4 is 10.9 Å². The predicted octanol–water partition coefficient (Wildman–Crippen LogP) is 2.56. The number of hydrogen-bond acceptors (Lipinski definition) is 4. The molecule has 0 spiro atoms. The third kappa shape index (κ3) is 4.30. The van der Waals surface area contributed by atoms with E-state index in [-0.39, 0.29) is 5.56 Å². The molecule has 2 rings (SSSR count). The van der Waals surface area contributed by atoms with Gasteiger partial charge in [0.05, 0.1) is 11.9 Å². The number of nitrogens with zero attached hydrogens (tertiary/aromatic N) is 3. The van der Waals surface area contributed by atoms with Gasteiger partial charge < -0.3 is 5.32 Å². The molecule has 1 aliphatic rings. The van der Waals surface area contributed by atoms with Crippen molar-refractivity contribution in [2.75, 3.05) is 25.0 Å². The van der Waals surface area contributed by atoms with Gasteiger partial charge in [-0.3, -0.25) is 9.69 Å². The van der Waals surface area contributed by atoms with Crippen LogP contribution in [0, 0.1) is 5.92 Å². The van der Waals surface area contributed by atoms with Gasteiger partial charge in [-0.05, 0) is 54.7 Å². The Morgan fingerprint density at radius 2 is 2.00 bits per heavy atom. The Hall–Kier alpha value is -0.880. The van der Waals surface area contributed by atoms with E-state index in [9.17, 15) is 4.79 Å². The molecule has 0 amide bonds. The molecule has 1 aromatic heterocycles. The highest BCUT2D eigenvalue weighted by Crippen LogP contribution is 2.18. The maximum absolute atomic E-state index is 12.2. The number of hydrogen-bond donors (Lipinski definition) is 1. The number of halogens is 1. The Morgan fingerprint density at radius 1 is 1.33 bits per heavy atom. The van der Waals surface area contributed by atoms with E-state index in [2.05, 4.69) is 52.0 Å². The van der Waals surface area contributed by atoms with Crippen molar-refractivity contribution >= 4 is 21.6 Å². The maximum atomic E-state index is 12.2. The fraction of sp³-hybridized carbons (Fsp3) is 0.733. The van der Waals surface area contributed by atoms with Crippen LogP contribution in [0.1, 0.15) is 33.6 Å². The summed E-state index contributed by atoms with van der Waals surface area (Å²) in [5, 5.41) is 7.60. The average molecular weight is 357 g/mol. The zero-order valence-electron chi connectivity index (χ0n) is 13.1. The zero-order valence-corrected chi connectivity index (χ0v) is 14.7. The van der Waals surface area contributed by atoms with Gasteiger partial charge in [-0.25, -0.2) is 4.68 Å². The lowest BCUT2D eigenvalue weighted by Crippen LogP contribution is -2.36. The molecule has 2 heterocycles. The number of likely N-dealkylation sites (tertiary alicyclic amines) is 1. The lowest BCUT2D eigenvalue weighted by atomic mass is 10.2. The maximum Gasteiger partial charge on any atom is 0.283 e. The molecule has 5 nitrogen and oxygen atoms in total. The molecule has 118 valence electrons. The highest BCUT2D eigenvalue weighted by atomic mass is 79.9. The monoisotopic (exact) mass is 356 g/mol. The van der Waals surface area contributed by atoms with Crippen LogP contribution >= 0.6 is 15.9 Å². The first-order valence-corrected chi connectivity index (χ1v) is 8.52. The van der Waals surface area contributed by atoms with Crippen molar-refractivity contribution in [3.05, 3.63) is 21.0 Å². The molecule has 1 N–H and O–H groups in total. The summed E-state index contributed by atoms with van der Waals surface area (Å²) in [6.07, 6.45) is 4.33. The van der Waals surface area contributed by atoms with Crippen LogP contribution in [0.15, 0.2) is 15.5 Å². The lowest BCUT2D eigenvalue weighted by Gasteiger charge is -2.24. The molecular formula is C15H25BrN4O. The van der Waals surface area contributed by atoms with Crippen LogP contribution in [0.5, 0.6) is 0 Å². The van der Waals surface area contributed by atoms with E-state index >= 15 is 0 Å². The molecule has 1 unspecified atom stereocenters. The predicted molar refractivity (Wildman–Crippen MR) is 89.8 cm³/mol. The molecule has 1 fully saturated rings. The van der Waals surface area contributed by atoms with Crippen LogP contribution in [0.3, 0.4) is 0 Å². The molecule has 0 aromatic carbocycles. The number of anilines is 1. The first-order chi connectivity index (χ1) is 9.99. The third-order valence-electron chi connectivity index (χ3n) is 3.87. The number of nitrogens with one attached hydrogen (secondary N) is 1. The molecule has 0 saturated carbocycles. The van der Waals surface area contributed by atoms with Gasteiger partial charge in [0.15, 0.2) is 0 Å². The van der Waals surface area contributed by atoms with Gasteiger partial charge in [-0.1, -0.05) is 13.8 Å². The molecule has 1 atom stereocenters. The fourth-order valence-electron chi connectivity index (χ4n) is 2.63. The Balaban J connectivity index is 2.00. The topological polar surface area (TPSA) is 50.2 Å². The molecule has 0 bridgehead atoms. The quantitative estimate of drug-likeness (QED) is 0.850. The summed E-state index contributed by atoms with van der Waals surface area (Å²) < 4.78 is 2.09. The molecule has 0 radical (unpaired) electrons. The second-order valence-corrected chi connectivity index (χ2v) is 7.02. The van der Waals surface area contributed by atoms with Crippen LogP contribution in [0.25, 0.3) is 0 Å². The Kier molecular flexibility index (Phi) is 5.81. The summed E-state index contributed by atoms with van der Waals surface area (Å²) in [6.45, 7) is 10.2. The van der Waals surface area contributed by atoms with Crippen LogP contribution in [0.4, 0.5) is 5.69 Å². The van der Waals surface area contributed by atoms with Crippen molar-refractivity contribution in [1.82, 2.24) is 14.7 Å². The Bertz CT molecular complexity index is 523. The van der Waals surface area contributed by atoms with Crippen LogP contribution in [-0.4, -0.2) is 40.4 Å². The zero-order chi connectivity index (χ0) is 15.4. The van der Waals surface area contributed by atoms with Gasteiger partial charge in [-0.15, -0.1) is 0 Å². The summed E-state index contributed by atoms with van der Waals surface area (Å²) >= 11 is 3.41. The summed E-state index contributed by atoms with van der Waals surface area (Å²) in [6, 6.07) is 0.470. The normalized spacial score (nSPS) is 17.4. The van der Waals surface area contributed by atoms with E-state index in [0.29, 0.717) is 23.0 Å². The molecule has 21 heavy (non-hydrogen) atoms. The van der Waals surface area contributed by atoms with Crippen molar-refractivity contribution in [3.8, 4) is 0 Å². The van der Waals surface area contributed by atoms with Crippen molar-refractivity contribution < 1.29 is 0 Å². The molecule has 1 saturated heterocycles. The SMILES string of the molecule is CC(C)Cn1ncc(NCC(C)N2CCCC2)c(Br)c1=O. The first-order valence-electron chi connectivity index (χ1n) is 7.72. The van der Waals surface area contributed by atoms with Crippen molar-refractivity contribution in [2.24, 2.45) is 5.92 Å². The van der Waals surface area contributed by atoms with Gasteiger partial charge in [0.2, 0.25) is 0 Å². The number of aromatic nitrogens is 2. The summed E-state index contributed by atoms with van der Waals surface area (Å²) in [4.78, 5) is 14.7. The Morgan fingerprint density at radius 3 is 2.62 bits per heavy atom. The largest absolute Gasteiger partial charge is 0.381 e. The van der Waals surface area contributed by atoms with E-state index < -0.39 is 0 Å². The smallest absolute Gasteiger partial charge is 0.283 e. The molecular weight excluding hydrogens is 332 g/mol. The van der Waals surface area contributed by atoms with Crippen LogP contribution in [0.2, 0.25) is 0 Å². The van der Waals surface area contributed by atoms with Gasteiger partial charge in [-0.2, -0.15) is 5.10 Å². The minimum atomic E-state index is -0.0671. The highest BCUT2D eigenvalue weighted by molar-refractivity contribution is 9.10. The summed E-state index contributed by atoms with van der Waals surface area (Å²) in [7, 11) is 0. The standard InChI is InChI=1S/C15H25BrN4O/c1-11(2)10-20-15(21)14(16)13(9-18-20)17-8-12(3)19-6-4-5-7-19/h9,11-12,17H,4-8,10H2,1-3H3. The van der Waals surface area contributed by atoms with Gasteiger partial charge in [0.25, 0.3) is 5.56 Å². The van der Waals surface area contributed by atoms with E-state index in [1.54, 1.807) is 6.20 Å². The average Bonchev–Trinajstić information content (AvgIpc) is 2.96. The highest BCUT2D eigenvalue weighted by Gasteiger charge is 2.18. The van der Waals surface area contributed by atoms with Crippen LogP contribution in [-0.2, 0) is 6.54 Å². The van der Waals surface area contributed by atoms with E-state index in [1.165, 1.54) is 30.6 Å². The summed E-state index contributed by atoms with van der Waals surface area (Å²) in [5.74, 6) is 0.399. The minimum absolute atomic E-state index is 0.0671. The Labute approximate surface area is 134 Å². The van der Waals surface area contributed by atoms with Crippen molar-refractivity contribution in [2.45, 2.75) is 46.2 Å². The molecule has 0 aliphatic carbocycles. The number of rotatable bonds is 6. The first kappa shape index (κ1) is 16.5. The van der Waals surface area contributed by atoms with Gasteiger partial charge in [0.1, 0.15) is 4.47 Å². The van der Waals surface area contributed by atoms with Gasteiger partial charge >= 0.3 is 0 Å². The van der Waals surface area contributed by atoms with Crippen molar-refractivity contribution in [1.29, 1.82) is 0 Å². The summed E-state index contributed by atoms with van der Waals surface area (Å²) in [5.41, 5.74) is 0.716. The van der Waals surface area contributed by atoms with Gasteiger partial charge in [0, 0.05) is 19.1 Å². The second-order valence-electron chi connectivity index (χ2n) is 6.23. The second kappa shape index (κ2) is 7.40. The molecule has 1 aromatic rings. The molecule has 6 heteroatoms. The molecule has 1 aliphatic heterocycles. The van der Waals surface area contributed by atoms with E-state index in [4.69, 9.17) is 0 Å². The van der Waals surface area contributed by atoms with E-state index in [0.717, 1.165) is 12.2 Å². The lowest BCUT2D eigenvalue weighted by molar-refractivity contribution is 0.269. The minimum Gasteiger partial charge on any atom is -0.381 e. The fourth-order valence-corrected chi connectivity index (χ4v) is 3.08.